The Morgan fingerprint density at radius 2 is 1.96 bits per heavy atom. The number of unbranched alkanes of at least 4 members (excludes halogenated alkanes) is 1. The van der Waals surface area contributed by atoms with E-state index < -0.39 is 0 Å². The highest BCUT2D eigenvalue weighted by Crippen LogP contribution is 2.26. The summed E-state index contributed by atoms with van der Waals surface area (Å²) in [4.78, 5) is 4.63. The number of aromatic nitrogens is 2. The smallest absolute Gasteiger partial charge is 0.254 e. The summed E-state index contributed by atoms with van der Waals surface area (Å²) >= 11 is 0. The first-order valence-corrected chi connectivity index (χ1v) is 9.24. The first-order valence-electron chi connectivity index (χ1n) is 9.24. The molecule has 0 fully saturated rings. The molecule has 0 unspecified atom stereocenters. The van der Waals surface area contributed by atoms with E-state index in [4.69, 9.17) is 9.26 Å². The molecule has 0 aliphatic heterocycles. The van der Waals surface area contributed by atoms with Crippen molar-refractivity contribution in [3.05, 3.63) is 65.5 Å². The SMILES string of the molecule is COc1ccc(-c2noc(/C(=C/c3cccc(C)c3)CCCC[NH3+])n2)cc1. The molecule has 0 bridgehead atoms. The quantitative estimate of drug-likeness (QED) is 0.613. The third-order valence-electron chi connectivity index (χ3n) is 4.38. The van der Waals surface area contributed by atoms with E-state index in [-0.39, 0.29) is 0 Å². The lowest BCUT2D eigenvalue weighted by Gasteiger charge is -2.03. The van der Waals surface area contributed by atoms with Gasteiger partial charge < -0.3 is 15.0 Å². The Labute approximate surface area is 159 Å². The molecule has 0 aliphatic carbocycles. The van der Waals surface area contributed by atoms with Gasteiger partial charge in [0.05, 0.1) is 13.7 Å². The Bertz CT molecular complexity index is 898. The van der Waals surface area contributed by atoms with Crippen LogP contribution in [0.2, 0.25) is 0 Å². The molecule has 3 aromatic rings. The van der Waals surface area contributed by atoms with Crippen molar-refractivity contribution in [2.45, 2.75) is 26.2 Å². The largest absolute Gasteiger partial charge is 0.497 e. The zero-order valence-electron chi connectivity index (χ0n) is 15.9. The van der Waals surface area contributed by atoms with Crippen LogP contribution in [-0.4, -0.2) is 23.8 Å². The van der Waals surface area contributed by atoms with Crippen LogP contribution in [0.4, 0.5) is 0 Å². The van der Waals surface area contributed by atoms with Crippen LogP contribution in [0, 0.1) is 6.92 Å². The van der Waals surface area contributed by atoms with Crippen molar-refractivity contribution in [1.29, 1.82) is 0 Å². The number of hydrogen-bond acceptors (Lipinski definition) is 4. The summed E-state index contributed by atoms with van der Waals surface area (Å²) in [6.45, 7) is 3.02. The van der Waals surface area contributed by atoms with E-state index in [1.54, 1.807) is 7.11 Å². The fourth-order valence-electron chi connectivity index (χ4n) is 2.91. The second-order valence-electron chi connectivity index (χ2n) is 6.55. The maximum absolute atomic E-state index is 5.59. The first kappa shape index (κ1) is 18.9. The zero-order valence-corrected chi connectivity index (χ0v) is 15.9. The molecule has 1 aromatic heterocycles. The Hall–Kier alpha value is -2.92. The van der Waals surface area contributed by atoms with Gasteiger partial charge in [0.1, 0.15) is 5.75 Å². The van der Waals surface area contributed by atoms with Crippen LogP contribution in [0.25, 0.3) is 23.0 Å². The van der Waals surface area contributed by atoms with Gasteiger partial charge in [-0.15, -0.1) is 0 Å². The Kier molecular flexibility index (Phi) is 6.39. The fraction of sp³-hybridized carbons (Fsp3) is 0.273. The maximum Gasteiger partial charge on any atom is 0.254 e. The number of quaternary nitrogens is 1. The van der Waals surface area contributed by atoms with Crippen molar-refractivity contribution in [1.82, 2.24) is 10.1 Å². The van der Waals surface area contributed by atoms with Crippen LogP contribution >= 0.6 is 0 Å². The maximum atomic E-state index is 5.59. The van der Waals surface area contributed by atoms with Crippen molar-refractivity contribution < 1.29 is 15.0 Å². The summed E-state index contributed by atoms with van der Waals surface area (Å²) in [6.07, 6.45) is 5.14. The number of ether oxygens (including phenoxy) is 1. The minimum Gasteiger partial charge on any atom is -0.497 e. The van der Waals surface area contributed by atoms with E-state index in [0.29, 0.717) is 11.7 Å². The number of aryl methyl sites for hydroxylation is 1. The van der Waals surface area contributed by atoms with E-state index in [1.807, 2.05) is 24.3 Å². The third-order valence-corrected chi connectivity index (χ3v) is 4.38. The summed E-state index contributed by atoms with van der Waals surface area (Å²) in [6, 6.07) is 16.0. The Morgan fingerprint density at radius 3 is 2.67 bits per heavy atom. The molecule has 0 radical (unpaired) electrons. The van der Waals surface area contributed by atoms with Gasteiger partial charge in [0.2, 0.25) is 5.82 Å². The molecule has 0 spiro atoms. The third kappa shape index (κ3) is 5.05. The molecule has 3 rings (SSSR count). The molecule has 3 N–H and O–H groups in total. The van der Waals surface area contributed by atoms with E-state index in [0.717, 1.165) is 48.3 Å². The minimum absolute atomic E-state index is 0.575. The van der Waals surface area contributed by atoms with Gasteiger partial charge in [-0.3, -0.25) is 0 Å². The Morgan fingerprint density at radius 1 is 1.15 bits per heavy atom. The number of nitrogens with zero attached hydrogens (tertiary/aromatic N) is 2. The molecule has 1 heterocycles. The lowest BCUT2D eigenvalue weighted by atomic mass is 10.0. The second-order valence-corrected chi connectivity index (χ2v) is 6.55. The molecule has 0 atom stereocenters. The summed E-state index contributed by atoms with van der Waals surface area (Å²) in [5.41, 5.74) is 8.26. The van der Waals surface area contributed by atoms with Crippen molar-refractivity contribution in [2.75, 3.05) is 13.7 Å². The molecule has 0 saturated heterocycles. The number of allylic oxidation sites excluding steroid dienone is 1. The van der Waals surface area contributed by atoms with Gasteiger partial charge >= 0.3 is 0 Å². The molecule has 5 heteroatoms. The monoisotopic (exact) mass is 364 g/mol. The molecule has 27 heavy (non-hydrogen) atoms. The lowest BCUT2D eigenvalue weighted by molar-refractivity contribution is -0.368. The van der Waals surface area contributed by atoms with Crippen LogP contribution in [0.1, 0.15) is 36.3 Å². The number of methoxy groups -OCH3 is 1. The van der Waals surface area contributed by atoms with Gasteiger partial charge in [0, 0.05) is 11.1 Å². The average molecular weight is 364 g/mol. The molecular formula is C22H26N3O2+. The van der Waals surface area contributed by atoms with E-state index in [2.05, 4.69) is 53.1 Å². The highest BCUT2D eigenvalue weighted by Gasteiger charge is 2.13. The molecular weight excluding hydrogens is 338 g/mol. The molecule has 0 saturated carbocycles. The summed E-state index contributed by atoms with van der Waals surface area (Å²) in [7, 11) is 1.65. The molecule has 0 amide bonds. The van der Waals surface area contributed by atoms with Crippen LogP contribution in [-0.2, 0) is 0 Å². The molecule has 2 aromatic carbocycles. The van der Waals surface area contributed by atoms with E-state index >= 15 is 0 Å². The van der Waals surface area contributed by atoms with Gasteiger partial charge in [-0.05, 0) is 62.1 Å². The predicted molar refractivity (Wildman–Crippen MR) is 107 cm³/mol. The number of rotatable bonds is 8. The second kappa shape index (κ2) is 9.14. The Balaban J connectivity index is 1.88. The van der Waals surface area contributed by atoms with Crippen LogP contribution < -0.4 is 10.5 Å². The van der Waals surface area contributed by atoms with Crippen molar-refractivity contribution in [3.63, 3.8) is 0 Å². The highest BCUT2D eigenvalue weighted by molar-refractivity contribution is 5.78. The topological polar surface area (TPSA) is 75.8 Å². The summed E-state index contributed by atoms with van der Waals surface area (Å²) < 4.78 is 10.8. The average Bonchev–Trinajstić information content (AvgIpc) is 3.17. The van der Waals surface area contributed by atoms with Gasteiger partial charge in [-0.1, -0.05) is 35.0 Å². The summed E-state index contributed by atoms with van der Waals surface area (Å²) in [5.74, 6) is 1.96. The van der Waals surface area contributed by atoms with Crippen LogP contribution in [0.15, 0.2) is 53.1 Å². The van der Waals surface area contributed by atoms with E-state index in [9.17, 15) is 0 Å². The van der Waals surface area contributed by atoms with Crippen molar-refractivity contribution in [3.8, 4) is 17.1 Å². The van der Waals surface area contributed by atoms with Gasteiger partial charge in [-0.25, -0.2) is 0 Å². The normalized spacial score (nSPS) is 11.6. The fourth-order valence-corrected chi connectivity index (χ4v) is 2.91. The van der Waals surface area contributed by atoms with E-state index in [1.165, 1.54) is 5.56 Å². The molecule has 5 nitrogen and oxygen atoms in total. The highest BCUT2D eigenvalue weighted by atomic mass is 16.5. The lowest BCUT2D eigenvalue weighted by Crippen LogP contribution is -2.50. The van der Waals surface area contributed by atoms with Crippen LogP contribution in [0.5, 0.6) is 5.75 Å². The number of benzene rings is 2. The zero-order chi connectivity index (χ0) is 19.1. The van der Waals surface area contributed by atoms with Crippen LogP contribution in [0.3, 0.4) is 0 Å². The predicted octanol–water partition coefficient (Wildman–Crippen LogP) is 4.01. The first-order chi connectivity index (χ1) is 13.2. The molecule has 0 aliphatic rings. The standard InChI is InChI=1S/C22H25N3O2/c1-16-6-5-7-17(14-16)15-19(8-3-4-13-23)22-24-21(25-27-22)18-9-11-20(26-2)12-10-18/h5-7,9-12,14-15H,3-4,8,13,23H2,1-2H3/p+1/b19-15+. The molecule has 140 valence electrons. The van der Waals surface area contributed by atoms with Gasteiger partial charge in [-0.2, -0.15) is 4.98 Å². The number of hydrogen-bond donors (Lipinski definition) is 1. The van der Waals surface area contributed by atoms with Crippen molar-refractivity contribution >= 4 is 11.6 Å². The summed E-state index contributed by atoms with van der Waals surface area (Å²) in [5, 5.41) is 4.17. The van der Waals surface area contributed by atoms with Gasteiger partial charge in [0.25, 0.3) is 5.89 Å². The van der Waals surface area contributed by atoms with Crippen molar-refractivity contribution in [2.24, 2.45) is 0 Å². The van der Waals surface area contributed by atoms with Gasteiger partial charge in [0.15, 0.2) is 0 Å². The minimum atomic E-state index is 0.575.